The van der Waals surface area contributed by atoms with Gasteiger partial charge in [-0.05, 0) is 56.9 Å². The van der Waals surface area contributed by atoms with Gasteiger partial charge in [0.15, 0.2) is 0 Å². The summed E-state index contributed by atoms with van der Waals surface area (Å²) in [5, 5.41) is 6.36. The molecule has 0 spiro atoms. The van der Waals surface area contributed by atoms with E-state index >= 15 is 0 Å². The van der Waals surface area contributed by atoms with Gasteiger partial charge in [0.05, 0.1) is 26.4 Å². The second kappa shape index (κ2) is 11.1. The number of benzene rings is 1. The topological polar surface area (TPSA) is 69.7 Å². The standard InChI is InChI=1S/C23H30ClF2N5O2/c1-30(2)14-23(25,26)15-31-11-10-21(19(13-31)20-9-8-18(33-3)12-27-20)29-22(32)28-17-6-4-16(24)5-7-17/h4-9,12,19,21H,10-11,13-15H2,1-3H3,(H2,28,29,32). The quantitative estimate of drug-likeness (QED) is 0.598. The number of urea groups is 1. The number of rotatable bonds is 8. The van der Waals surface area contributed by atoms with Crippen molar-refractivity contribution in [2.75, 3.05) is 52.7 Å². The number of ether oxygens (including phenoxy) is 1. The molecule has 3 rings (SSSR count). The Morgan fingerprint density at radius 3 is 2.61 bits per heavy atom. The van der Waals surface area contributed by atoms with E-state index in [9.17, 15) is 13.6 Å². The maximum Gasteiger partial charge on any atom is 0.319 e. The van der Waals surface area contributed by atoms with E-state index in [1.165, 1.54) is 4.90 Å². The predicted octanol–water partition coefficient (Wildman–Crippen LogP) is 3.92. The minimum atomic E-state index is -2.84. The lowest BCUT2D eigenvalue weighted by molar-refractivity contribution is -0.0552. The second-order valence-electron chi connectivity index (χ2n) is 8.56. The fraction of sp³-hybridized carbons (Fsp3) is 0.478. The number of methoxy groups -OCH3 is 1. The first-order valence-electron chi connectivity index (χ1n) is 10.7. The molecule has 1 fully saturated rings. The molecular weight excluding hydrogens is 452 g/mol. The van der Waals surface area contributed by atoms with Crippen LogP contribution < -0.4 is 15.4 Å². The fourth-order valence-corrected chi connectivity index (χ4v) is 4.20. The number of carbonyl (C=O) groups is 1. The first kappa shape index (κ1) is 25.1. The van der Waals surface area contributed by atoms with E-state index in [2.05, 4.69) is 15.6 Å². The molecule has 2 aromatic rings. The molecule has 7 nitrogen and oxygen atoms in total. The van der Waals surface area contributed by atoms with E-state index in [1.807, 2.05) is 6.07 Å². The van der Waals surface area contributed by atoms with Crippen LogP contribution in [0.2, 0.25) is 5.02 Å². The Morgan fingerprint density at radius 2 is 2.00 bits per heavy atom. The summed E-state index contributed by atoms with van der Waals surface area (Å²) < 4.78 is 34.1. The van der Waals surface area contributed by atoms with Crippen LogP contribution in [0.5, 0.6) is 5.75 Å². The van der Waals surface area contributed by atoms with Gasteiger partial charge in [0.2, 0.25) is 0 Å². The number of carbonyl (C=O) groups excluding carboxylic acids is 1. The lowest BCUT2D eigenvalue weighted by Gasteiger charge is -2.40. The molecule has 33 heavy (non-hydrogen) atoms. The summed E-state index contributed by atoms with van der Waals surface area (Å²) in [6.07, 6.45) is 2.12. The van der Waals surface area contributed by atoms with Gasteiger partial charge in [-0.3, -0.25) is 9.88 Å². The third kappa shape index (κ3) is 7.52. The summed E-state index contributed by atoms with van der Waals surface area (Å²) in [6.45, 7) is 0.136. The SMILES string of the molecule is COc1ccc(C2CN(CC(F)(F)CN(C)C)CCC2NC(=O)Nc2ccc(Cl)cc2)nc1. The van der Waals surface area contributed by atoms with Gasteiger partial charge in [0.1, 0.15) is 5.75 Å². The number of nitrogens with one attached hydrogen (secondary N) is 2. The first-order valence-corrected chi connectivity index (χ1v) is 11.1. The highest BCUT2D eigenvalue weighted by Crippen LogP contribution is 2.29. The number of pyridine rings is 1. The number of likely N-dealkylation sites (tertiary alicyclic amines) is 1. The monoisotopic (exact) mass is 481 g/mol. The molecule has 10 heteroatoms. The van der Waals surface area contributed by atoms with Crippen molar-refractivity contribution < 1.29 is 18.3 Å². The number of halogens is 3. The fourth-order valence-electron chi connectivity index (χ4n) is 4.08. The zero-order chi connectivity index (χ0) is 24.0. The van der Waals surface area contributed by atoms with Crippen molar-refractivity contribution in [1.29, 1.82) is 0 Å². The molecule has 1 aromatic heterocycles. The molecule has 1 aliphatic heterocycles. The molecule has 0 radical (unpaired) electrons. The predicted molar refractivity (Wildman–Crippen MR) is 125 cm³/mol. The molecule has 2 unspecified atom stereocenters. The van der Waals surface area contributed by atoms with Crippen LogP contribution in [0.3, 0.4) is 0 Å². The Hall–Kier alpha value is -2.49. The Morgan fingerprint density at radius 1 is 1.27 bits per heavy atom. The number of anilines is 1. The third-order valence-corrected chi connectivity index (χ3v) is 5.74. The molecule has 0 saturated carbocycles. The van der Waals surface area contributed by atoms with E-state index in [4.69, 9.17) is 16.3 Å². The summed E-state index contributed by atoms with van der Waals surface area (Å²) >= 11 is 5.89. The van der Waals surface area contributed by atoms with Crippen molar-refractivity contribution in [2.24, 2.45) is 0 Å². The normalized spacial score (nSPS) is 19.4. The lowest BCUT2D eigenvalue weighted by atomic mass is 9.88. The van der Waals surface area contributed by atoms with Crippen LogP contribution in [0, 0.1) is 0 Å². The van der Waals surface area contributed by atoms with Crippen LogP contribution in [0.4, 0.5) is 19.3 Å². The van der Waals surface area contributed by atoms with Crippen molar-refractivity contribution in [3.8, 4) is 5.75 Å². The molecule has 1 saturated heterocycles. The van der Waals surface area contributed by atoms with E-state index in [0.717, 1.165) is 0 Å². The van der Waals surface area contributed by atoms with Gasteiger partial charge in [-0.25, -0.2) is 13.6 Å². The van der Waals surface area contributed by atoms with Crippen molar-refractivity contribution in [2.45, 2.75) is 24.3 Å². The highest BCUT2D eigenvalue weighted by Gasteiger charge is 2.38. The molecule has 0 bridgehead atoms. The maximum absolute atomic E-state index is 14.5. The number of aromatic nitrogens is 1. The van der Waals surface area contributed by atoms with Crippen LogP contribution in [-0.4, -0.2) is 80.2 Å². The Balaban J connectivity index is 1.72. The summed E-state index contributed by atoms with van der Waals surface area (Å²) in [4.78, 5) is 20.3. The Labute approximate surface area is 198 Å². The minimum absolute atomic E-state index is 0.254. The number of hydrogen-bond donors (Lipinski definition) is 2. The highest BCUT2D eigenvalue weighted by molar-refractivity contribution is 6.30. The van der Waals surface area contributed by atoms with Crippen LogP contribution in [-0.2, 0) is 0 Å². The highest BCUT2D eigenvalue weighted by atomic mass is 35.5. The zero-order valence-corrected chi connectivity index (χ0v) is 19.8. The van der Waals surface area contributed by atoms with E-state index in [0.29, 0.717) is 41.7 Å². The van der Waals surface area contributed by atoms with Crippen molar-refractivity contribution in [3.63, 3.8) is 0 Å². The molecule has 0 aliphatic carbocycles. The molecule has 1 aromatic carbocycles. The van der Waals surface area contributed by atoms with Crippen molar-refractivity contribution in [3.05, 3.63) is 53.3 Å². The van der Waals surface area contributed by atoms with Crippen LogP contribution >= 0.6 is 11.6 Å². The lowest BCUT2D eigenvalue weighted by Crippen LogP contribution is -2.53. The summed E-state index contributed by atoms with van der Waals surface area (Å²) in [7, 11) is 4.82. The average molecular weight is 482 g/mol. The van der Waals surface area contributed by atoms with Crippen LogP contribution in [0.1, 0.15) is 18.0 Å². The van der Waals surface area contributed by atoms with Crippen molar-refractivity contribution in [1.82, 2.24) is 20.1 Å². The Bertz CT molecular complexity index is 912. The molecular formula is C23H30ClF2N5O2. The summed E-state index contributed by atoms with van der Waals surface area (Å²) in [5.74, 6) is -2.49. The summed E-state index contributed by atoms with van der Waals surface area (Å²) in [5.41, 5.74) is 1.32. The largest absolute Gasteiger partial charge is 0.495 e. The molecule has 2 atom stereocenters. The zero-order valence-electron chi connectivity index (χ0n) is 19.0. The molecule has 2 amide bonds. The van der Waals surface area contributed by atoms with Gasteiger partial charge in [-0.1, -0.05) is 11.6 Å². The van der Waals surface area contributed by atoms with Gasteiger partial charge >= 0.3 is 6.03 Å². The first-order chi connectivity index (χ1) is 15.6. The summed E-state index contributed by atoms with van der Waals surface area (Å²) in [6, 6.07) is 9.76. The average Bonchev–Trinajstić information content (AvgIpc) is 2.75. The molecule has 1 aliphatic rings. The van der Waals surface area contributed by atoms with Gasteiger partial charge in [-0.15, -0.1) is 0 Å². The minimum Gasteiger partial charge on any atom is -0.495 e. The van der Waals surface area contributed by atoms with Crippen molar-refractivity contribution >= 4 is 23.3 Å². The molecule has 2 N–H and O–H groups in total. The second-order valence-corrected chi connectivity index (χ2v) is 9.00. The number of hydrogen-bond acceptors (Lipinski definition) is 5. The van der Waals surface area contributed by atoms with Gasteiger partial charge in [0, 0.05) is 41.5 Å². The van der Waals surface area contributed by atoms with E-state index in [1.54, 1.807) is 62.6 Å². The van der Waals surface area contributed by atoms with Crippen LogP contribution in [0.25, 0.3) is 0 Å². The number of amides is 2. The maximum atomic E-state index is 14.5. The molecule has 2 heterocycles. The number of alkyl halides is 2. The smallest absolute Gasteiger partial charge is 0.319 e. The van der Waals surface area contributed by atoms with Gasteiger partial charge in [0.25, 0.3) is 5.92 Å². The van der Waals surface area contributed by atoms with Gasteiger partial charge < -0.3 is 20.3 Å². The van der Waals surface area contributed by atoms with E-state index in [-0.39, 0.29) is 31.1 Å². The molecule has 180 valence electrons. The third-order valence-electron chi connectivity index (χ3n) is 5.49. The van der Waals surface area contributed by atoms with Gasteiger partial charge in [-0.2, -0.15) is 0 Å². The number of nitrogens with zero attached hydrogens (tertiary/aromatic N) is 3. The van der Waals surface area contributed by atoms with Crippen LogP contribution in [0.15, 0.2) is 42.6 Å². The number of piperidine rings is 1. The Kier molecular flexibility index (Phi) is 8.45. The van der Waals surface area contributed by atoms with E-state index < -0.39 is 5.92 Å².